The summed E-state index contributed by atoms with van der Waals surface area (Å²) in [6.07, 6.45) is 3.22. The first kappa shape index (κ1) is 12.4. The molecule has 0 aliphatic carbocycles. The van der Waals surface area contributed by atoms with Gasteiger partial charge in [0.15, 0.2) is 0 Å². The van der Waals surface area contributed by atoms with Crippen LogP contribution in [0, 0.1) is 0 Å². The van der Waals surface area contributed by atoms with Gasteiger partial charge >= 0.3 is 0 Å². The molecule has 11 heavy (non-hydrogen) atoms. The molecule has 0 aromatic rings. The van der Waals surface area contributed by atoms with Crippen molar-refractivity contribution >= 4 is 45.2 Å². The van der Waals surface area contributed by atoms with Gasteiger partial charge in [0.2, 0.25) is 0 Å². The summed E-state index contributed by atoms with van der Waals surface area (Å²) in [5, 5.41) is 0. The van der Waals surface area contributed by atoms with E-state index in [0.717, 1.165) is 0 Å². The maximum Gasteiger partial charge on any atom is 0.0557 e. The van der Waals surface area contributed by atoms with Crippen molar-refractivity contribution in [2.24, 2.45) is 0 Å². The van der Waals surface area contributed by atoms with E-state index in [-0.39, 0.29) is 0 Å². The van der Waals surface area contributed by atoms with Gasteiger partial charge in [0, 0.05) is 8.86 Å². The molecule has 0 saturated heterocycles. The van der Waals surface area contributed by atoms with Crippen molar-refractivity contribution in [1.82, 2.24) is 0 Å². The highest BCUT2D eigenvalue weighted by molar-refractivity contribution is 14.1. The molecule has 0 bridgehead atoms. The van der Waals surface area contributed by atoms with Crippen LogP contribution in [-0.4, -0.2) is 21.1 Å². The van der Waals surface area contributed by atoms with E-state index in [1.165, 1.54) is 21.7 Å². The summed E-state index contributed by atoms with van der Waals surface area (Å²) in [7, 11) is 0. The van der Waals surface area contributed by atoms with Crippen LogP contribution in [0.15, 0.2) is 0 Å². The van der Waals surface area contributed by atoms with Gasteiger partial charge in [0.1, 0.15) is 0 Å². The minimum Gasteiger partial charge on any atom is -0.376 e. The van der Waals surface area contributed by atoms with Crippen molar-refractivity contribution in [3.8, 4) is 0 Å². The van der Waals surface area contributed by atoms with Crippen molar-refractivity contribution in [2.75, 3.05) is 8.86 Å². The van der Waals surface area contributed by atoms with Crippen LogP contribution in [-0.2, 0) is 4.74 Å². The maximum atomic E-state index is 5.72. The van der Waals surface area contributed by atoms with E-state index in [9.17, 15) is 0 Å². The van der Waals surface area contributed by atoms with Crippen molar-refractivity contribution in [2.45, 2.75) is 38.9 Å². The predicted octanol–water partition coefficient (Wildman–Crippen LogP) is 3.43. The molecule has 0 aromatic heterocycles. The van der Waals surface area contributed by atoms with Crippen LogP contribution in [0.5, 0.6) is 0 Å². The van der Waals surface area contributed by atoms with Crippen LogP contribution in [0.25, 0.3) is 0 Å². The highest BCUT2D eigenvalue weighted by Gasteiger charge is 2.06. The van der Waals surface area contributed by atoms with Gasteiger partial charge < -0.3 is 4.74 Å². The Morgan fingerprint density at radius 1 is 1.00 bits per heavy atom. The Labute approximate surface area is 96.9 Å². The Balaban J connectivity index is 3.32. The van der Waals surface area contributed by atoms with Crippen LogP contribution < -0.4 is 0 Å². The fourth-order valence-corrected chi connectivity index (χ4v) is 2.59. The van der Waals surface area contributed by atoms with Gasteiger partial charge in [-0.1, -0.05) is 45.2 Å². The molecule has 2 atom stereocenters. The molecule has 0 rings (SSSR count). The molecule has 0 aromatic carbocycles. The fraction of sp³-hybridized carbons (Fsp3) is 1.00. The fourth-order valence-electron chi connectivity index (χ4n) is 0.840. The first-order chi connectivity index (χ1) is 5.20. The van der Waals surface area contributed by atoms with Crippen LogP contribution in [0.3, 0.4) is 0 Å². The predicted molar refractivity (Wildman–Crippen MR) is 67.0 cm³/mol. The van der Waals surface area contributed by atoms with Crippen molar-refractivity contribution < 1.29 is 4.74 Å². The molecule has 0 fully saturated rings. The monoisotopic (exact) mass is 382 g/mol. The van der Waals surface area contributed by atoms with Crippen LogP contribution >= 0.6 is 45.2 Å². The van der Waals surface area contributed by atoms with E-state index in [0.29, 0.717) is 12.2 Å². The molecular weight excluding hydrogens is 366 g/mol. The molecular formula is C8H16I2O. The number of ether oxygens (including phenoxy) is 1. The highest BCUT2D eigenvalue weighted by atomic mass is 127. The lowest BCUT2D eigenvalue weighted by Gasteiger charge is -2.17. The number of rotatable bonds is 6. The summed E-state index contributed by atoms with van der Waals surface area (Å²) >= 11 is 4.78. The summed E-state index contributed by atoms with van der Waals surface area (Å²) in [6, 6.07) is 0. The molecule has 2 unspecified atom stereocenters. The summed E-state index contributed by atoms with van der Waals surface area (Å²) in [4.78, 5) is 0. The average molecular weight is 382 g/mol. The van der Waals surface area contributed by atoms with Gasteiger partial charge in [-0.05, 0) is 26.7 Å². The van der Waals surface area contributed by atoms with Gasteiger partial charge in [-0.2, -0.15) is 0 Å². The van der Waals surface area contributed by atoms with E-state index >= 15 is 0 Å². The molecule has 0 aliphatic heterocycles. The third kappa shape index (κ3) is 7.77. The van der Waals surface area contributed by atoms with E-state index in [1.54, 1.807) is 0 Å². The number of hydrogen-bond acceptors (Lipinski definition) is 1. The first-order valence-electron chi connectivity index (χ1n) is 3.98. The molecule has 0 amide bonds. The topological polar surface area (TPSA) is 9.23 Å². The number of hydrogen-bond donors (Lipinski definition) is 0. The third-order valence-electron chi connectivity index (χ3n) is 1.50. The highest BCUT2D eigenvalue weighted by Crippen LogP contribution is 2.08. The van der Waals surface area contributed by atoms with E-state index < -0.39 is 0 Å². The van der Waals surface area contributed by atoms with E-state index in [4.69, 9.17) is 4.74 Å². The third-order valence-corrected chi connectivity index (χ3v) is 2.74. The first-order valence-corrected chi connectivity index (χ1v) is 7.03. The van der Waals surface area contributed by atoms with E-state index in [2.05, 4.69) is 59.0 Å². The minimum atomic E-state index is 0.435. The second-order valence-electron chi connectivity index (χ2n) is 2.71. The van der Waals surface area contributed by atoms with Crippen LogP contribution in [0.1, 0.15) is 26.7 Å². The number of halogens is 2. The summed E-state index contributed by atoms with van der Waals surface area (Å²) < 4.78 is 8.10. The Kier molecular flexibility index (Phi) is 9.08. The van der Waals surface area contributed by atoms with Crippen LogP contribution in [0.4, 0.5) is 0 Å². The zero-order chi connectivity index (χ0) is 8.69. The standard InChI is InChI=1S/C8H16I2O/c1-7(3-5-9)11-8(2)4-6-10/h7-8H,3-6H2,1-2H3. The summed E-state index contributed by atoms with van der Waals surface area (Å²) in [5.74, 6) is 0. The molecule has 0 saturated carbocycles. The van der Waals surface area contributed by atoms with Gasteiger partial charge in [-0.15, -0.1) is 0 Å². The lowest BCUT2D eigenvalue weighted by atomic mass is 10.3. The number of alkyl halides is 2. The Bertz CT molecular complexity index is 78.2. The second-order valence-corrected chi connectivity index (χ2v) is 4.87. The Hall–Kier alpha value is 1.42. The zero-order valence-electron chi connectivity index (χ0n) is 7.15. The molecule has 0 aliphatic rings. The molecule has 0 radical (unpaired) electrons. The SMILES string of the molecule is CC(CCI)OC(C)CCI. The second kappa shape index (κ2) is 8.04. The van der Waals surface area contributed by atoms with Crippen LogP contribution in [0.2, 0.25) is 0 Å². The smallest absolute Gasteiger partial charge is 0.0557 e. The Morgan fingerprint density at radius 2 is 1.36 bits per heavy atom. The van der Waals surface area contributed by atoms with Gasteiger partial charge in [-0.25, -0.2) is 0 Å². The van der Waals surface area contributed by atoms with Crippen molar-refractivity contribution in [3.63, 3.8) is 0 Å². The van der Waals surface area contributed by atoms with E-state index in [1.807, 2.05) is 0 Å². The molecule has 0 heterocycles. The molecule has 68 valence electrons. The zero-order valence-corrected chi connectivity index (χ0v) is 11.5. The van der Waals surface area contributed by atoms with Gasteiger partial charge in [-0.3, -0.25) is 0 Å². The molecule has 0 N–H and O–H groups in total. The molecule has 0 spiro atoms. The largest absolute Gasteiger partial charge is 0.376 e. The van der Waals surface area contributed by atoms with Crippen molar-refractivity contribution in [3.05, 3.63) is 0 Å². The van der Waals surface area contributed by atoms with Gasteiger partial charge in [0.05, 0.1) is 12.2 Å². The summed E-state index contributed by atoms with van der Waals surface area (Å²) in [6.45, 7) is 4.31. The lowest BCUT2D eigenvalue weighted by molar-refractivity contribution is 0.00704. The Morgan fingerprint density at radius 3 is 1.64 bits per heavy atom. The average Bonchev–Trinajstić information content (AvgIpc) is 1.87. The minimum absolute atomic E-state index is 0.435. The van der Waals surface area contributed by atoms with Crippen molar-refractivity contribution in [1.29, 1.82) is 0 Å². The molecule has 3 heteroatoms. The summed E-state index contributed by atoms with van der Waals surface area (Å²) in [5.41, 5.74) is 0. The normalized spacial score (nSPS) is 16.4. The van der Waals surface area contributed by atoms with Gasteiger partial charge in [0.25, 0.3) is 0 Å². The maximum absolute atomic E-state index is 5.72. The quantitative estimate of drug-likeness (QED) is 0.506. The lowest BCUT2D eigenvalue weighted by Crippen LogP contribution is -2.17. The molecule has 1 nitrogen and oxygen atoms in total.